The molecule has 0 spiro atoms. The monoisotopic (exact) mass is 294 g/mol. The topological polar surface area (TPSA) is 57.5 Å². The van der Waals surface area contributed by atoms with Gasteiger partial charge in [0.05, 0.1) is 6.61 Å². The van der Waals surface area contributed by atoms with Crippen molar-refractivity contribution < 1.29 is 15.0 Å². The fourth-order valence-corrected chi connectivity index (χ4v) is 2.17. The largest absolute Gasteiger partial charge is 0.478 e. The number of aliphatic hydroxyl groups is 1. The Bertz CT molecular complexity index is 822. The molecule has 0 bridgehead atoms. The van der Waals surface area contributed by atoms with Crippen LogP contribution in [-0.4, -0.2) is 16.2 Å². The number of carboxylic acid groups (broad SMARTS) is 1. The summed E-state index contributed by atoms with van der Waals surface area (Å²) < 4.78 is 0. The van der Waals surface area contributed by atoms with Gasteiger partial charge in [-0.15, -0.1) is 0 Å². The molecule has 3 heteroatoms. The summed E-state index contributed by atoms with van der Waals surface area (Å²) in [6.07, 6.45) is 0. The maximum atomic E-state index is 9.60. The third-order valence-corrected chi connectivity index (χ3v) is 3.37. The molecular weight excluding hydrogens is 276 g/mol. The van der Waals surface area contributed by atoms with Gasteiger partial charge < -0.3 is 10.2 Å². The predicted molar refractivity (Wildman–Crippen MR) is 89.8 cm³/mol. The highest BCUT2D eigenvalue weighted by atomic mass is 16.4. The first-order chi connectivity index (χ1) is 10.5. The Balaban J connectivity index is 0.000000254. The SMILES string of the molecule is C=C(C)C(=O)O.OCc1cccc2cc3ccccc3cc12. The van der Waals surface area contributed by atoms with Crippen molar-refractivity contribution >= 4 is 27.5 Å². The van der Waals surface area contributed by atoms with Crippen molar-refractivity contribution in [3.63, 3.8) is 0 Å². The second-order valence-corrected chi connectivity index (χ2v) is 5.08. The summed E-state index contributed by atoms with van der Waals surface area (Å²) in [5.74, 6) is -0.935. The van der Waals surface area contributed by atoms with E-state index in [-0.39, 0.29) is 12.2 Å². The second kappa shape index (κ2) is 6.87. The van der Waals surface area contributed by atoms with Crippen molar-refractivity contribution in [1.29, 1.82) is 0 Å². The summed E-state index contributed by atoms with van der Waals surface area (Å²) in [6.45, 7) is 4.69. The van der Waals surface area contributed by atoms with E-state index in [0.717, 1.165) is 10.9 Å². The first-order valence-corrected chi connectivity index (χ1v) is 6.93. The number of fused-ring (bicyclic) bond motifs is 2. The highest BCUT2D eigenvalue weighted by molar-refractivity contribution is 5.99. The Morgan fingerprint density at radius 1 is 1.00 bits per heavy atom. The molecule has 0 atom stereocenters. The summed E-state index contributed by atoms with van der Waals surface area (Å²) in [6, 6.07) is 18.7. The van der Waals surface area contributed by atoms with Crippen LogP contribution in [0.2, 0.25) is 0 Å². The third kappa shape index (κ3) is 3.51. The van der Waals surface area contributed by atoms with E-state index in [0.29, 0.717) is 0 Å². The van der Waals surface area contributed by atoms with Crippen LogP contribution in [0.4, 0.5) is 0 Å². The Kier molecular flexibility index (Phi) is 4.92. The molecule has 3 aromatic carbocycles. The van der Waals surface area contributed by atoms with E-state index in [2.05, 4.69) is 36.9 Å². The van der Waals surface area contributed by atoms with E-state index in [1.807, 2.05) is 24.3 Å². The third-order valence-electron chi connectivity index (χ3n) is 3.37. The van der Waals surface area contributed by atoms with Gasteiger partial charge >= 0.3 is 5.97 Å². The molecule has 22 heavy (non-hydrogen) atoms. The zero-order valence-corrected chi connectivity index (χ0v) is 12.4. The van der Waals surface area contributed by atoms with Crippen LogP contribution in [0.1, 0.15) is 12.5 Å². The van der Waals surface area contributed by atoms with Gasteiger partial charge in [0.2, 0.25) is 0 Å². The lowest BCUT2D eigenvalue weighted by Gasteiger charge is -2.05. The minimum atomic E-state index is -0.935. The zero-order chi connectivity index (χ0) is 16.1. The number of rotatable bonds is 2. The standard InChI is InChI=1S/C15H12O.C4H6O2/c16-10-14-7-3-6-13-8-11-4-1-2-5-12(11)9-15(13)14;1-3(2)4(5)6/h1-9,16H,10H2;1H2,2H3,(H,5,6). The van der Waals surface area contributed by atoms with Gasteiger partial charge in [-0.3, -0.25) is 0 Å². The van der Waals surface area contributed by atoms with Gasteiger partial charge in [-0.25, -0.2) is 4.79 Å². The molecule has 0 heterocycles. The molecule has 0 aliphatic rings. The molecule has 0 fully saturated rings. The van der Waals surface area contributed by atoms with Gasteiger partial charge in [0.15, 0.2) is 0 Å². The van der Waals surface area contributed by atoms with E-state index in [1.54, 1.807) is 0 Å². The van der Waals surface area contributed by atoms with Crippen molar-refractivity contribution in [3.05, 3.63) is 72.3 Å². The Morgan fingerprint density at radius 3 is 2.09 bits per heavy atom. The lowest BCUT2D eigenvalue weighted by atomic mass is 10.0. The second-order valence-electron chi connectivity index (χ2n) is 5.08. The summed E-state index contributed by atoms with van der Waals surface area (Å²) in [4.78, 5) is 9.60. The fraction of sp³-hybridized carbons (Fsp3) is 0.105. The van der Waals surface area contributed by atoms with E-state index in [4.69, 9.17) is 5.11 Å². The molecule has 3 aromatic rings. The van der Waals surface area contributed by atoms with E-state index in [1.165, 1.54) is 23.1 Å². The van der Waals surface area contributed by atoms with Crippen LogP contribution >= 0.6 is 0 Å². The molecule has 0 aromatic heterocycles. The number of hydrogen-bond acceptors (Lipinski definition) is 2. The van der Waals surface area contributed by atoms with E-state index >= 15 is 0 Å². The van der Waals surface area contributed by atoms with Gasteiger partial charge in [0.25, 0.3) is 0 Å². The van der Waals surface area contributed by atoms with E-state index in [9.17, 15) is 9.90 Å². The smallest absolute Gasteiger partial charge is 0.330 e. The molecule has 0 saturated heterocycles. The van der Waals surface area contributed by atoms with Crippen molar-refractivity contribution in [3.8, 4) is 0 Å². The lowest BCUT2D eigenvalue weighted by molar-refractivity contribution is -0.132. The van der Waals surface area contributed by atoms with Gasteiger partial charge in [0, 0.05) is 5.57 Å². The average Bonchev–Trinajstić information content (AvgIpc) is 2.52. The number of aliphatic hydroxyl groups excluding tert-OH is 1. The van der Waals surface area contributed by atoms with Crippen LogP contribution in [-0.2, 0) is 11.4 Å². The first kappa shape index (κ1) is 15.7. The van der Waals surface area contributed by atoms with Crippen LogP contribution in [0.5, 0.6) is 0 Å². The predicted octanol–water partition coefficient (Wildman–Crippen LogP) is 4.13. The molecule has 2 N–H and O–H groups in total. The summed E-state index contributed by atoms with van der Waals surface area (Å²) >= 11 is 0. The Morgan fingerprint density at radius 2 is 1.55 bits per heavy atom. The number of carbonyl (C=O) groups is 1. The first-order valence-electron chi connectivity index (χ1n) is 6.93. The molecule has 0 unspecified atom stereocenters. The molecule has 0 aliphatic carbocycles. The van der Waals surface area contributed by atoms with Crippen LogP contribution in [0.3, 0.4) is 0 Å². The minimum absolute atomic E-state index is 0.0929. The van der Waals surface area contributed by atoms with Crippen molar-refractivity contribution in [1.82, 2.24) is 0 Å². The zero-order valence-electron chi connectivity index (χ0n) is 12.4. The average molecular weight is 294 g/mol. The molecule has 0 amide bonds. The molecule has 0 saturated carbocycles. The van der Waals surface area contributed by atoms with Gasteiger partial charge in [-0.2, -0.15) is 0 Å². The normalized spacial score (nSPS) is 10.1. The fourth-order valence-electron chi connectivity index (χ4n) is 2.17. The molecular formula is C19H18O3. The molecule has 0 aliphatic heterocycles. The number of carboxylic acids is 1. The molecule has 112 valence electrons. The lowest BCUT2D eigenvalue weighted by Crippen LogP contribution is -1.92. The highest BCUT2D eigenvalue weighted by Gasteiger charge is 2.01. The number of hydrogen-bond donors (Lipinski definition) is 2. The summed E-state index contributed by atoms with van der Waals surface area (Å²) in [5, 5.41) is 22.0. The van der Waals surface area contributed by atoms with Crippen LogP contribution in [0.25, 0.3) is 21.5 Å². The molecule has 3 rings (SSSR count). The minimum Gasteiger partial charge on any atom is -0.478 e. The summed E-state index contributed by atoms with van der Waals surface area (Å²) in [7, 11) is 0. The number of aliphatic carboxylic acids is 1. The molecule has 0 radical (unpaired) electrons. The van der Waals surface area contributed by atoms with Crippen molar-refractivity contribution in [2.24, 2.45) is 0 Å². The van der Waals surface area contributed by atoms with Gasteiger partial charge in [-0.1, -0.05) is 49.0 Å². The summed E-state index contributed by atoms with van der Waals surface area (Å²) in [5.41, 5.74) is 1.17. The molecule has 3 nitrogen and oxygen atoms in total. The van der Waals surface area contributed by atoms with E-state index < -0.39 is 5.97 Å². The highest BCUT2D eigenvalue weighted by Crippen LogP contribution is 2.25. The van der Waals surface area contributed by atoms with Crippen molar-refractivity contribution in [2.45, 2.75) is 13.5 Å². The quantitative estimate of drug-likeness (QED) is 0.552. The van der Waals surface area contributed by atoms with Crippen LogP contribution < -0.4 is 0 Å². The number of benzene rings is 3. The van der Waals surface area contributed by atoms with Crippen LogP contribution in [0.15, 0.2) is 66.7 Å². The Hall–Kier alpha value is -2.65. The van der Waals surface area contributed by atoms with Crippen molar-refractivity contribution in [2.75, 3.05) is 0 Å². The van der Waals surface area contributed by atoms with Gasteiger partial charge in [-0.05, 0) is 46.2 Å². The maximum Gasteiger partial charge on any atom is 0.330 e. The van der Waals surface area contributed by atoms with Crippen LogP contribution in [0, 0.1) is 0 Å². The maximum absolute atomic E-state index is 9.60. The Labute approximate surface area is 129 Å². The van der Waals surface area contributed by atoms with Gasteiger partial charge in [0.1, 0.15) is 0 Å².